The molecule has 1 aliphatic carbocycles. The molecule has 6 N–H and O–H groups in total. The molecule has 0 fully saturated rings. The Hall–Kier alpha value is -6.32. The van der Waals surface area contributed by atoms with E-state index in [9.17, 15) is 38.9 Å². The summed E-state index contributed by atoms with van der Waals surface area (Å²) in [5.74, 6) is -3.36. The van der Waals surface area contributed by atoms with Gasteiger partial charge >= 0.3 is 12.1 Å². The van der Waals surface area contributed by atoms with Gasteiger partial charge in [0.25, 0.3) is 5.69 Å². The van der Waals surface area contributed by atoms with Crippen LogP contribution in [0.1, 0.15) is 171 Å². The second-order valence-electron chi connectivity index (χ2n) is 18.4. The van der Waals surface area contributed by atoms with Crippen molar-refractivity contribution in [1.82, 2.24) is 21.3 Å². The van der Waals surface area contributed by atoms with Crippen LogP contribution in [0.5, 0.6) is 0 Å². The van der Waals surface area contributed by atoms with Gasteiger partial charge in [-0.2, -0.15) is 0 Å². The lowest BCUT2D eigenvalue weighted by atomic mass is 9.98. The first-order valence-corrected chi connectivity index (χ1v) is 25.6. The van der Waals surface area contributed by atoms with Crippen molar-refractivity contribution in [1.29, 1.82) is 0 Å². The average molecular weight is 969 g/mol. The van der Waals surface area contributed by atoms with Crippen LogP contribution in [0.25, 0.3) is 11.1 Å². The monoisotopic (exact) mass is 969 g/mol. The van der Waals surface area contributed by atoms with Crippen molar-refractivity contribution in [3.63, 3.8) is 0 Å². The molecule has 3 aromatic carbocycles. The molecule has 0 unspecified atom stereocenters. The lowest BCUT2D eigenvalue weighted by Gasteiger charge is -2.21. The highest BCUT2D eigenvalue weighted by Crippen LogP contribution is 2.44. The molecule has 0 radical (unpaired) electrons. The number of carbonyl (C=O) groups excluding carboxylic acids is 6. The number of carbonyl (C=O) groups is 6. The van der Waals surface area contributed by atoms with E-state index in [1.807, 2.05) is 48.5 Å². The molecule has 16 heteroatoms. The first kappa shape index (κ1) is 56.3. The second kappa shape index (κ2) is 31.7. The van der Waals surface area contributed by atoms with E-state index in [1.165, 1.54) is 102 Å². The summed E-state index contributed by atoms with van der Waals surface area (Å²) >= 11 is 0. The molecule has 70 heavy (non-hydrogen) atoms. The fourth-order valence-corrected chi connectivity index (χ4v) is 8.76. The van der Waals surface area contributed by atoms with E-state index in [1.54, 1.807) is 6.07 Å². The Kier molecular flexibility index (Phi) is 25.5. The van der Waals surface area contributed by atoms with Gasteiger partial charge in [0, 0.05) is 31.4 Å². The summed E-state index contributed by atoms with van der Waals surface area (Å²) in [5, 5.41) is 22.1. The number of nitrogens with two attached hydrogens (primary N) is 1. The zero-order chi connectivity index (χ0) is 50.5. The molecule has 0 aromatic heterocycles. The van der Waals surface area contributed by atoms with E-state index < -0.39 is 59.4 Å². The highest BCUT2D eigenvalue weighted by Gasteiger charge is 2.30. The van der Waals surface area contributed by atoms with Gasteiger partial charge in [0.15, 0.2) is 0 Å². The second-order valence-corrected chi connectivity index (χ2v) is 18.4. The van der Waals surface area contributed by atoms with E-state index >= 15 is 0 Å². The largest absolute Gasteiger partial charge is 0.459 e. The van der Waals surface area contributed by atoms with E-state index in [4.69, 9.17) is 15.2 Å². The Morgan fingerprint density at radius 3 is 1.77 bits per heavy atom. The summed E-state index contributed by atoms with van der Waals surface area (Å²) in [6.45, 7) is 3.66. The van der Waals surface area contributed by atoms with Crippen LogP contribution in [0.4, 0.5) is 10.5 Å². The molecule has 0 aliphatic heterocycles. The lowest BCUT2D eigenvalue weighted by Crippen LogP contribution is -2.52. The fourth-order valence-electron chi connectivity index (χ4n) is 8.76. The number of para-hydroxylation sites is 1. The van der Waals surface area contributed by atoms with Crippen LogP contribution in [-0.2, 0) is 40.1 Å². The molecular formula is C54H76N6O10. The molecular weight excluding hydrogens is 893 g/mol. The third-order valence-corrected chi connectivity index (χ3v) is 12.8. The average Bonchev–Trinajstić information content (AvgIpc) is 3.67. The number of rotatable bonds is 35. The first-order valence-electron chi connectivity index (χ1n) is 25.6. The van der Waals surface area contributed by atoms with E-state index in [-0.39, 0.29) is 48.9 Å². The number of hydrogen-bond donors (Lipinski definition) is 5. The lowest BCUT2D eigenvalue weighted by molar-refractivity contribution is -0.385. The third kappa shape index (κ3) is 20.0. The number of unbranched alkanes of at least 4 members (excludes halogenated alkanes) is 15. The maximum Gasteiger partial charge on any atom is 0.407 e. The van der Waals surface area contributed by atoms with Crippen LogP contribution in [0.15, 0.2) is 72.8 Å². The minimum absolute atomic E-state index is 0.0319. The van der Waals surface area contributed by atoms with Crippen molar-refractivity contribution in [2.75, 3.05) is 13.2 Å². The van der Waals surface area contributed by atoms with Gasteiger partial charge < -0.3 is 36.5 Å². The molecule has 4 rings (SSSR count). The summed E-state index contributed by atoms with van der Waals surface area (Å²) in [5.41, 5.74) is 9.73. The number of primary amides is 1. The topological polar surface area (TPSA) is 238 Å². The van der Waals surface area contributed by atoms with Gasteiger partial charge in [0.2, 0.25) is 23.6 Å². The predicted molar refractivity (Wildman–Crippen MR) is 269 cm³/mol. The Morgan fingerprint density at radius 1 is 0.629 bits per heavy atom. The van der Waals surface area contributed by atoms with E-state index in [0.717, 1.165) is 41.5 Å². The molecule has 3 atom stereocenters. The van der Waals surface area contributed by atoms with Crippen molar-refractivity contribution in [2.45, 2.75) is 179 Å². The van der Waals surface area contributed by atoms with Crippen LogP contribution >= 0.6 is 0 Å². The highest BCUT2D eigenvalue weighted by atomic mass is 16.6. The van der Waals surface area contributed by atoms with Crippen molar-refractivity contribution in [3.05, 3.63) is 99.6 Å². The predicted octanol–water partition coefficient (Wildman–Crippen LogP) is 9.35. The molecule has 3 aromatic rings. The number of nitrogens with one attached hydrogen (secondary N) is 4. The molecule has 0 saturated heterocycles. The summed E-state index contributed by atoms with van der Waals surface area (Å²) in [6, 6.07) is 18.0. The molecule has 1 aliphatic rings. The SMILES string of the molecule is CCCCCCCCCCCCCCCCCC(=O)NCCCC[C@H](NC(=O)CC[C@@H](NC(=O)[C@H](C)NC(=O)OCC1c2ccccc2-c2ccccc21)C(N)=O)C(=O)OCc1ccccc1[N+](=O)[O-]. The van der Waals surface area contributed by atoms with Gasteiger partial charge in [-0.05, 0) is 67.3 Å². The van der Waals surface area contributed by atoms with E-state index in [2.05, 4.69) is 28.2 Å². The summed E-state index contributed by atoms with van der Waals surface area (Å²) < 4.78 is 11.0. The van der Waals surface area contributed by atoms with Crippen LogP contribution in [0.2, 0.25) is 0 Å². The molecule has 0 bridgehead atoms. The molecule has 16 nitrogen and oxygen atoms in total. The number of hydrogen-bond acceptors (Lipinski definition) is 10. The van der Waals surface area contributed by atoms with Gasteiger partial charge in [-0.15, -0.1) is 0 Å². The van der Waals surface area contributed by atoms with Crippen molar-refractivity contribution in [2.24, 2.45) is 5.73 Å². The number of amides is 5. The van der Waals surface area contributed by atoms with Crippen LogP contribution < -0.4 is 27.0 Å². The molecule has 5 amide bonds. The Balaban J connectivity index is 1.17. The van der Waals surface area contributed by atoms with Gasteiger partial charge in [-0.25, -0.2) is 9.59 Å². The van der Waals surface area contributed by atoms with Crippen molar-refractivity contribution < 1.29 is 43.2 Å². The molecule has 0 spiro atoms. The Morgan fingerprint density at radius 2 is 1.19 bits per heavy atom. The quantitative estimate of drug-likeness (QED) is 0.0162. The number of nitro benzene ring substituents is 1. The number of fused-ring (bicyclic) bond motifs is 3. The van der Waals surface area contributed by atoms with Crippen molar-refractivity contribution >= 4 is 41.4 Å². The summed E-state index contributed by atoms with van der Waals surface area (Å²) in [7, 11) is 0. The van der Waals surface area contributed by atoms with Gasteiger partial charge in [-0.1, -0.05) is 157 Å². The number of esters is 1. The number of nitrogens with zero attached hydrogens (tertiary/aromatic N) is 1. The minimum atomic E-state index is -1.30. The van der Waals surface area contributed by atoms with Gasteiger partial charge in [0.05, 0.1) is 10.5 Å². The zero-order valence-electron chi connectivity index (χ0n) is 41.3. The van der Waals surface area contributed by atoms with Crippen LogP contribution in [0.3, 0.4) is 0 Å². The maximum atomic E-state index is 13.4. The van der Waals surface area contributed by atoms with E-state index in [0.29, 0.717) is 25.8 Å². The van der Waals surface area contributed by atoms with Crippen LogP contribution in [0, 0.1) is 10.1 Å². The number of nitro groups is 1. The van der Waals surface area contributed by atoms with Crippen LogP contribution in [-0.4, -0.2) is 71.9 Å². The molecule has 0 saturated carbocycles. The van der Waals surface area contributed by atoms with Gasteiger partial charge in [0.1, 0.15) is 31.3 Å². The first-order chi connectivity index (χ1) is 33.9. The van der Waals surface area contributed by atoms with Crippen molar-refractivity contribution in [3.8, 4) is 11.1 Å². The highest BCUT2D eigenvalue weighted by molar-refractivity contribution is 5.91. The van der Waals surface area contributed by atoms with Gasteiger partial charge in [-0.3, -0.25) is 29.3 Å². The summed E-state index contributed by atoms with van der Waals surface area (Å²) in [4.78, 5) is 88.4. The maximum absolute atomic E-state index is 13.4. The Bertz CT molecular complexity index is 2100. The third-order valence-electron chi connectivity index (χ3n) is 12.8. The molecule has 0 heterocycles. The standard InChI is InChI=1S/C54H76N6O10/c1-3-4-5-6-7-8-9-10-11-12-13-14-15-16-17-33-49(61)56-36-25-24-31-47(53(65)69-37-40-26-18-23-32-48(40)60(67)68)58-50(62)35-34-46(51(55)63)59-52(64)39(2)57-54(66)70-38-45-43-29-21-19-27-41(43)42-28-20-22-30-44(42)45/h18-23,26-30,32,39,45-47H,3-17,24-25,31,33-38H2,1-2H3,(H2,55,63)(H,56,61)(H,57,66)(H,58,62)(H,59,64)/t39-,46+,47-/m0/s1. The Labute approximate surface area is 413 Å². The minimum Gasteiger partial charge on any atom is -0.459 e. The zero-order valence-corrected chi connectivity index (χ0v) is 41.3. The number of alkyl carbamates (subject to hydrolysis) is 1. The number of benzene rings is 3. The fraction of sp³-hybridized carbons (Fsp3) is 0.556. The number of ether oxygens (including phenoxy) is 2. The summed E-state index contributed by atoms with van der Waals surface area (Å²) in [6.07, 6.45) is 18.8. The smallest absolute Gasteiger partial charge is 0.407 e. The normalized spacial score (nSPS) is 12.9. The molecule has 382 valence electrons.